The number of nitrogens with zero attached hydrogens (tertiary/aromatic N) is 1. The van der Waals surface area contributed by atoms with Crippen LogP contribution in [0.1, 0.15) is 29.3 Å². The highest BCUT2D eigenvalue weighted by Crippen LogP contribution is 2.29. The van der Waals surface area contributed by atoms with Gasteiger partial charge in [-0.25, -0.2) is 0 Å². The van der Waals surface area contributed by atoms with Crippen LogP contribution in [0, 0.1) is 5.92 Å². The second-order valence-electron chi connectivity index (χ2n) is 6.80. The normalized spacial score (nSPS) is 16.0. The lowest BCUT2D eigenvalue weighted by Crippen LogP contribution is -2.26. The zero-order chi connectivity index (χ0) is 21.0. The molecule has 1 aliphatic rings. The summed E-state index contributed by atoms with van der Waals surface area (Å²) in [7, 11) is 1.52. The number of anilines is 1. The molecule has 0 spiro atoms. The maximum absolute atomic E-state index is 12.6. The molecule has 1 heterocycles. The second kappa shape index (κ2) is 9.13. The smallest absolute Gasteiger partial charge is 0.311 e. The zero-order valence-electron chi connectivity index (χ0n) is 16.6. The van der Waals surface area contributed by atoms with Gasteiger partial charge in [0, 0.05) is 34.7 Å². The number of ether oxygens (including phenoxy) is 2. The predicted molar refractivity (Wildman–Crippen MR) is 111 cm³/mol. The predicted octanol–water partition coefficient (Wildman–Crippen LogP) is 3.72. The van der Waals surface area contributed by atoms with E-state index < -0.39 is 11.9 Å². The van der Waals surface area contributed by atoms with E-state index in [0.717, 1.165) is 10.6 Å². The van der Waals surface area contributed by atoms with Crippen molar-refractivity contribution in [3.05, 3.63) is 53.6 Å². The van der Waals surface area contributed by atoms with Crippen molar-refractivity contribution in [1.82, 2.24) is 0 Å². The lowest BCUT2D eigenvalue weighted by Gasteiger charge is -2.17. The number of carbonyl (C=O) groups is 3. The number of ketones is 1. The molecule has 0 bridgehead atoms. The molecule has 1 saturated heterocycles. The fraction of sp³-hybridized carbons (Fsp3) is 0.318. The zero-order valence-corrected chi connectivity index (χ0v) is 17.5. The highest BCUT2D eigenvalue weighted by molar-refractivity contribution is 7.98. The Labute approximate surface area is 174 Å². The van der Waals surface area contributed by atoms with Crippen LogP contribution >= 0.6 is 11.8 Å². The van der Waals surface area contributed by atoms with Crippen molar-refractivity contribution >= 4 is 35.1 Å². The average molecular weight is 413 g/mol. The van der Waals surface area contributed by atoms with Crippen LogP contribution in [0.15, 0.2) is 47.4 Å². The van der Waals surface area contributed by atoms with Gasteiger partial charge in [0.2, 0.25) is 5.91 Å². The first-order valence-electron chi connectivity index (χ1n) is 9.22. The van der Waals surface area contributed by atoms with Crippen LogP contribution in [-0.2, 0) is 20.9 Å². The van der Waals surface area contributed by atoms with Crippen molar-refractivity contribution < 1.29 is 23.9 Å². The first-order valence-corrected chi connectivity index (χ1v) is 10.4. The van der Waals surface area contributed by atoms with Gasteiger partial charge in [-0.2, -0.15) is 0 Å². The molecule has 7 heteroatoms. The first-order chi connectivity index (χ1) is 13.9. The molecule has 1 amide bonds. The van der Waals surface area contributed by atoms with Gasteiger partial charge in [-0.1, -0.05) is 6.07 Å². The molecular formula is C22H23NO5S. The summed E-state index contributed by atoms with van der Waals surface area (Å²) in [5.74, 6) is -0.591. The molecule has 0 N–H and O–H groups in total. The Kier molecular flexibility index (Phi) is 6.59. The largest absolute Gasteiger partial charge is 0.496 e. The van der Waals surface area contributed by atoms with Gasteiger partial charge in [0.15, 0.2) is 5.78 Å². The molecule has 1 aliphatic heterocycles. The van der Waals surface area contributed by atoms with Gasteiger partial charge in [0.25, 0.3) is 0 Å². The molecule has 0 radical (unpaired) electrons. The highest BCUT2D eigenvalue weighted by Gasteiger charge is 2.36. The van der Waals surface area contributed by atoms with E-state index >= 15 is 0 Å². The summed E-state index contributed by atoms with van der Waals surface area (Å²) in [6, 6.07) is 12.7. The molecule has 1 fully saturated rings. The number of hydrogen-bond donors (Lipinski definition) is 0. The monoisotopic (exact) mass is 413 g/mol. The van der Waals surface area contributed by atoms with E-state index in [1.807, 2.05) is 30.5 Å². The first kappa shape index (κ1) is 20.9. The fourth-order valence-corrected chi connectivity index (χ4v) is 3.72. The van der Waals surface area contributed by atoms with Crippen LogP contribution in [0.3, 0.4) is 0 Å². The van der Waals surface area contributed by atoms with Gasteiger partial charge < -0.3 is 14.4 Å². The minimum Gasteiger partial charge on any atom is -0.496 e. The number of methoxy groups -OCH3 is 1. The number of benzene rings is 2. The SMILES string of the molecule is COc1ccc(C(C)=O)cc1COC(=O)[C@H]1CC(=O)N(c2cccc(SC)c2)C1. The molecule has 0 unspecified atom stereocenters. The van der Waals surface area contributed by atoms with Crippen molar-refractivity contribution in [1.29, 1.82) is 0 Å². The van der Waals surface area contributed by atoms with Crippen LogP contribution < -0.4 is 9.64 Å². The summed E-state index contributed by atoms with van der Waals surface area (Å²) in [4.78, 5) is 39.3. The quantitative estimate of drug-likeness (QED) is 0.391. The molecule has 0 aromatic heterocycles. The summed E-state index contributed by atoms with van der Waals surface area (Å²) >= 11 is 1.60. The number of thioether (sulfide) groups is 1. The summed E-state index contributed by atoms with van der Waals surface area (Å²) < 4.78 is 10.7. The Morgan fingerprint density at radius 1 is 1.21 bits per heavy atom. The number of Topliss-reactive ketones (excluding diaryl/α,β-unsaturated/α-hetero) is 1. The molecule has 2 aromatic rings. The number of esters is 1. The minimum absolute atomic E-state index is 0.0181. The third-order valence-electron chi connectivity index (χ3n) is 4.88. The van der Waals surface area contributed by atoms with E-state index in [-0.39, 0.29) is 24.7 Å². The molecule has 2 aromatic carbocycles. The van der Waals surface area contributed by atoms with E-state index in [0.29, 0.717) is 23.4 Å². The Morgan fingerprint density at radius 3 is 2.69 bits per heavy atom. The fourth-order valence-electron chi connectivity index (χ4n) is 3.27. The van der Waals surface area contributed by atoms with Crippen LogP contribution in [0.2, 0.25) is 0 Å². The summed E-state index contributed by atoms with van der Waals surface area (Å²) in [5, 5.41) is 0. The van der Waals surface area contributed by atoms with E-state index in [9.17, 15) is 14.4 Å². The molecule has 3 rings (SSSR count). The molecule has 29 heavy (non-hydrogen) atoms. The Balaban J connectivity index is 1.67. The minimum atomic E-state index is -0.526. The van der Waals surface area contributed by atoms with Crippen molar-refractivity contribution in [2.24, 2.45) is 5.92 Å². The summed E-state index contributed by atoms with van der Waals surface area (Å²) in [6.07, 6.45) is 2.09. The van der Waals surface area contributed by atoms with Gasteiger partial charge in [0.1, 0.15) is 12.4 Å². The molecular weight excluding hydrogens is 390 g/mol. The number of amides is 1. The van der Waals surface area contributed by atoms with E-state index in [4.69, 9.17) is 9.47 Å². The summed E-state index contributed by atoms with van der Waals surface area (Å²) in [6.45, 7) is 1.75. The maximum Gasteiger partial charge on any atom is 0.311 e. The lowest BCUT2D eigenvalue weighted by atomic mass is 10.1. The number of hydrogen-bond acceptors (Lipinski definition) is 6. The third kappa shape index (κ3) is 4.79. The average Bonchev–Trinajstić information content (AvgIpc) is 3.13. The number of rotatable bonds is 7. The molecule has 152 valence electrons. The van der Waals surface area contributed by atoms with Crippen LogP contribution in [0.25, 0.3) is 0 Å². The summed E-state index contributed by atoms with van der Waals surface area (Å²) in [5.41, 5.74) is 1.92. The van der Waals surface area contributed by atoms with Gasteiger partial charge in [-0.15, -0.1) is 11.8 Å². The van der Waals surface area contributed by atoms with Gasteiger partial charge in [-0.05, 0) is 49.6 Å². The maximum atomic E-state index is 12.6. The van der Waals surface area contributed by atoms with Crippen molar-refractivity contribution in [3.8, 4) is 5.75 Å². The van der Waals surface area contributed by atoms with Gasteiger partial charge in [0.05, 0.1) is 13.0 Å². The molecule has 0 aliphatic carbocycles. The van der Waals surface area contributed by atoms with Crippen molar-refractivity contribution in [2.75, 3.05) is 24.8 Å². The Bertz CT molecular complexity index is 943. The van der Waals surface area contributed by atoms with E-state index in [1.165, 1.54) is 14.0 Å². The third-order valence-corrected chi connectivity index (χ3v) is 5.61. The standard InChI is InChI=1S/C22H23NO5S/c1-14(24)15-7-8-20(27-2)17(9-15)13-28-22(26)16-10-21(25)23(12-16)18-5-4-6-19(11-18)29-3/h4-9,11,16H,10,12-13H2,1-3H3/t16-/m0/s1. The van der Waals surface area contributed by atoms with E-state index in [1.54, 1.807) is 34.9 Å². The Morgan fingerprint density at radius 2 is 2.00 bits per heavy atom. The van der Waals surface area contributed by atoms with Crippen LogP contribution in [0.5, 0.6) is 5.75 Å². The Hall–Kier alpha value is -2.80. The van der Waals surface area contributed by atoms with Crippen LogP contribution in [0.4, 0.5) is 5.69 Å². The second-order valence-corrected chi connectivity index (χ2v) is 7.68. The molecule has 0 saturated carbocycles. The topological polar surface area (TPSA) is 72.9 Å². The van der Waals surface area contributed by atoms with Crippen molar-refractivity contribution in [3.63, 3.8) is 0 Å². The molecule has 1 atom stereocenters. The van der Waals surface area contributed by atoms with Crippen LogP contribution in [-0.4, -0.2) is 37.6 Å². The molecule has 6 nitrogen and oxygen atoms in total. The lowest BCUT2D eigenvalue weighted by molar-refractivity contribution is -0.149. The van der Waals surface area contributed by atoms with Gasteiger partial charge in [-0.3, -0.25) is 14.4 Å². The van der Waals surface area contributed by atoms with Gasteiger partial charge >= 0.3 is 5.97 Å². The number of carbonyl (C=O) groups excluding carboxylic acids is 3. The van der Waals surface area contributed by atoms with Crippen molar-refractivity contribution in [2.45, 2.75) is 24.8 Å². The highest BCUT2D eigenvalue weighted by atomic mass is 32.2. The van der Waals surface area contributed by atoms with E-state index in [2.05, 4.69) is 0 Å².